The van der Waals surface area contributed by atoms with E-state index in [2.05, 4.69) is 4.98 Å². The molecule has 0 atom stereocenters. The molecule has 0 bridgehead atoms. The summed E-state index contributed by atoms with van der Waals surface area (Å²) in [5.74, 6) is -0.412. The minimum absolute atomic E-state index is 0.356. The smallest absolute Gasteiger partial charge is 0.354 e. The van der Waals surface area contributed by atoms with Crippen molar-refractivity contribution < 1.29 is 17.6 Å². The molecule has 0 amide bonds. The highest BCUT2D eigenvalue weighted by atomic mass is 19.4. The summed E-state index contributed by atoms with van der Waals surface area (Å²) in [4.78, 5) is 3.09. The van der Waals surface area contributed by atoms with E-state index in [0.717, 1.165) is 25.0 Å². The summed E-state index contributed by atoms with van der Waals surface area (Å²) in [6.45, 7) is 0.505. The Balaban J connectivity index is 2.18. The highest BCUT2D eigenvalue weighted by Crippen LogP contribution is 2.37. The molecule has 0 fully saturated rings. The number of aromatic nitrogens is 1. The Kier molecular flexibility index (Phi) is 4.81. The van der Waals surface area contributed by atoms with E-state index in [1.165, 1.54) is 12.1 Å². The normalized spacial score (nSPS) is 12.0. The first-order valence-electron chi connectivity index (χ1n) is 8.08. The number of hydrogen-bond acceptors (Lipinski definition) is 1. The maximum atomic E-state index is 14.2. The molecule has 2 aromatic carbocycles. The van der Waals surface area contributed by atoms with E-state index >= 15 is 0 Å². The fourth-order valence-corrected chi connectivity index (χ4v) is 3.02. The first-order chi connectivity index (χ1) is 11.9. The molecule has 0 saturated carbocycles. The number of hydrogen-bond donors (Lipinski definition) is 2. The zero-order valence-electron chi connectivity index (χ0n) is 13.5. The van der Waals surface area contributed by atoms with Crippen molar-refractivity contribution in [2.45, 2.75) is 25.4 Å². The third-order valence-corrected chi connectivity index (χ3v) is 4.26. The van der Waals surface area contributed by atoms with Gasteiger partial charge in [0.1, 0.15) is 5.82 Å². The van der Waals surface area contributed by atoms with Crippen molar-refractivity contribution in [3.8, 4) is 11.3 Å². The molecule has 0 aliphatic heterocycles. The fraction of sp³-hybridized carbons (Fsp3) is 0.263. The molecule has 1 heterocycles. The van der Waals surface area contributed by atoms with Gasteiger partial charge in [0, 0.05) is 16.5 Å². The Morgan fingerprint density at radius 1 is 1.00 bits per heavy atom. The third-order valence-electron chi connectivity index (χ3n) is 4.26. The number of aryl methyl sites for hydroxylation is 1. The van der Waals surface area contributed by atoms with Gasteiger partial charge in [-0.3, -0.25) is 0 Å². The maximum absolute atomic E-state index is 14.2. The van der Waals surface area contributed by atoms with Gasteiger partial charge in [-0.1, -0.05) is 12.1 Å². The Morgan fingerprint density at radius 3 is 2.44 bits per heavy atom. The lowest BCUT2D eigenvalue weighted by atomic mass is 9.99. The van der Waals surface area contributed by atoms with Crippen LogP contribution < -0.4 is 5.73 Å². The van der Waals surface area contributed by atoms with Crippen molar-refractivity contribution in [2.75, 3.05) is 6.54 Å². The molecule has 3 N–H and O–H groups in total. The van der Waals surface area contributed by atoms with Gasteiger partial charge in [0.05, 0.1) is 11.3 Å². The minimum Gasteiger partial charge on any atom is -0.354 e. The zero-order valence-corrected chi connectivity index (χ0v) is 13.5. The molecule has 2 nitrogen and oxygen atoms in total. The molecule has 0 saturated heterocycles. The Bertz CT molecular complexity index is 881. The number of benzene rings is 2. The van der Waals surface area contributed by atoms with Crippen molar-refractivity contribution in [3.05, 3.63) is 59.4 Å². The molecule has 3 aromatic rings. The minimum atomic E-state index is -4.42. The topological polar surface area (TPSA) is 41.8 Å². The quantitative estimate of drug-likeness (QED) is 0.477. The number of halogens is 4. The van der Waals surface area contributed by atoms with Crippen LogP contribution in [-0.4, -0.2) is 11.5 Å². The van der Waals surface area contributed by atoms with E-state index in [4.69, 9.17) is 5.73 Å². The Morgan fingerprint density at radius 2 is 1.76 bits per heavy atom. The van der Waals surface area contributed by atoms with E-state index in [1.54, 1.807) is 18.2 Å². The summed E-state index contributed by atoms with van der Waals surface area (Å²) in [6.07, 6.45) is -2.41. The second kappa shape index (κ2) is 6.88. The molecule has 0 unspecified atom stereocenters. The van der Waals surface area contributed by atoms with Gasteiger partial charge >= 0.3 is 6.18 Å². The lowest BCUT2D eigenvalue weighted by Gasteiger charge is -2.08. The lowest BCUT2D eigenvalue weighted by molar-refractivity contribution is -0.137. The Hall–Kier alpha value is -2.34. The van der Waals surface area contributed by atoms with Gasteiger partial charge in [0.25, 0.3) is 0 Å². The van der Waals surface area contributed by atoms with Crippen LogP contribution >= 0.6 is 0 Å². The number of rotatable bonds is 5. The summed E-state index contributed by atoms with van der Waals surface area (Å²) >= 11 is 0. The first-order valence-corrected chi connectivity index (χ1v) is 8.08. The van der Waals surface area contributed by atoms with Crippen LogP contribution in [0.2, 0.25) is 0 Å². The first kappa shape index (κ1) is 17.5. The van der Waals surface area contributed by atoms with Gasteiger partial charge in [-0.25, -0.2) is 4.39 Å². The molecule has 25 heavy (non-hydrogen) atoms. The summed E-state index contributed by atoms with van der Waals surface area (Å²) in [5, 5.41) is 0.477. The van der Waals surface area contributed by atoms with Crippen molar-refractivity contribution in [3.63, 3.8) is 0 Å². The highest BCUT2D eigenvalue weighted by Gasteiger charge is 2.31. The molecule has 0 aliphatic rings. The van der Waals surface area contributed by atoms with Crippen LogP contribution in [0.15, 0.2) is 42.5 Å². The van der Waals surface area contributed by atoms with Crippen LogP contribution in [-0.2, 0) is 12.6 Å². The van der Waals surface area contributed by atoms with E-state index in [9.17, 15) is 17.6 Å². The average Bonchev–Trinajstić information content (AvgIpc) is 2.92. The standard InChI is InChI=1S/C19H18F4N2/c20-16-7-2-1-6-14(16)18-13(5-3-4-10-24)15-11-12(19(21,22)23)8-9-17(15)25-18/h1-2,6-9,11,25H,3-5,10,24H2. The van der Waals surface area contributed by atoms with Gasteiger partial charge in [-0.05, 0) is 61.7 Å². The van der Waals surface area contributed by atoms with Crippen LogP contribution in [0.5, 0.6) is 0 Å². The number of H-pyrrole nitrogens is 1. The Labute approximate surface area is 142 Å². The molecule has 6 heteroatoms. The lowest BCUT2D eigenvalue weighted by Crippen LogP contribution is -2.04. The second-order valence-corrected chi connectivity index (χ2v) is 5.96. The molecule has 3 rings (SSSR count). The molecule has 132 valence electrons. The number of unbranched alkanes of at least 4 members (excludes halogenated alkanes) is 1. The van der Waals surface area contributed by atoms with Crippen molar-refractivity contribution in [2.24, 2.45) is 5.73 Å². The van der Waals surface area contributed by atoms with Crippen LogP contribution in [0, 0.1) is 5.82 Å². The van der Waals surface area contributed by atoms with Crippen LogP contribution in [0.1, 0.15) is 24.0 Å². The van der Waals surface area contributed by atoms with Gasteiger partial charge in [-0.15, -0.1) is 0 Å². The van der Waals surface area contributed by atoms with Gasteiger partial charge in [0.15, 0.2) is 0 Å². The zero-order chi connectivity index (χ0) is 18.0. The van der Waals surface area contributed by atoms with Crippen LogP contribution in [0.3, 0.4) is 0 Å². The summed E-state index contributed by atoms with van der Waals surface area (Å²) in [6, 6.07) is 9.81. The fourth-order valence-electron chi connectivity index (χ4n) is 3.02. The predicted molar refractivity (Wildman–Crippen MR) is 90.7 cm³/mol. The number of aromatic amines is 1. The molecule has 0 spiro atoms. The third kappa shape index (κ3) is 3.54. The molecule has 1 aromatic heterocycles. The largest absolute Gasteiger partial charge is 0.416 e. The molecule has 0 radical (unpaired) electrons. The van der Waals surface area contributed by atoms with Gasteiger partial charge in [-0.2, -0.15) is 13.2 Å². The maximum Gasteiger partial charge on any atom is 0.416 e. The highest BCUT2D eigenvalue weighted by molar-refractivity contribution is 5.91. The van der Waals surface area contributed by atoms with E-state index in [1.807, 2.05) is 0 Å². The van der Waals surface area contributed by atoms with Crippen LogP contribution in [0.25, 0.3) is 22.2 Å². The summed E-state index contributed by atoms with van der Waals surface area (Å²) in [7, 11) is 0. The van der Waals surface area contributed by atoms with Gasteiger partial charge in [0.2, 0.25) is 0 Å². The van der Waals surface area contributed by atoms with E-state index < -0.39 is 17.6 Å². The summed E-state index contributed by atoms with van der Waals surface area (Å²) < 4.78 is 53.4. The summed E-state index contributed by atoms with van der Waals surface area (Å²) in [5.41, 5.74) is 6.96. The van der Waals surface area contributed by atoms with E-state index in [0.29, 0.717) is 40.7 Å². The average molecular weight is 350 g/mol. The molecular weight excluding hydrogens is 332 g/mol. The van der Waals surface area contributed by atoms with E-state index in [-0.39, 0.29) is 0 Å². The number of nitrogens with two attached hydrogens (primary N) is 1. The monoisotopic (exact) mass is 350 g/mol. The molecule has 0 aliphatic carbocycles. The van der Waals surface area contributed by atoms with Crippen molar-refractivity contribution >= 4 is 10.9 Å². The molecular formula is C19H18F4N2. The predicted octanol–water partition coefficient (Wildman–Crippen LogP) is 5.27. The number of fused-ring (bicyclic) bond motifs is 1. The van der Waals surface area contributed by atoms with Crippen LogP contribution in [0.4, 0.5) is 17.6 Å². The van der Waals surface area contributed by atoms with Gasteiger partial charge < -0.3 is 10.7 Å². The second-order valence-electron chi connectivity index (χ2n) is 5.96. The number of alkyl halides is 3. The number of nitrogens with one attached hydrogen (secondary N) is 1. The SMILES string of the molecule is NCCCCc1c(-c2ccccc2F)[nH]c2ccc(C(F)(F)F)cc12. The van der Waals surface area contributed by atoms with Crippen molar-refractivity contribution in [1.29, 1.82) is 0 Å². The van der Waals surface area contributed by atoms with Crippen molar-refractivity contribution in [1.82, 2.24) is 4.98 Å².